The summed E-state index contributed by atoms with van der Waals surface area (Å²) in [6, 6.07) is 12.1. The van der Waals surface area contributed by atoms with Crippen molar-refractivity contribution in [3.63, 3.8) is 0 Å². The van der Waals surface area contributed by atoms with E-state index in [-0.39, 0.29) is 5.91 Å². The zero-order valence-corrected chi connectivity index (χ0v) is 15.0. The second-order valence-corrected chi connectivity index (χ2v) is 5.83. The van der Waals surface area contributed by atoms with Crippen molar-refractivity contribution < 1.29 is 4.79 Å². The molecular formula is C19H27N5O. The highest BCUT2D eigenvalue weighted by Gasteiger charge is 2.03. The number of nitrogens with zero attached hydrogens (tertiary/aromatic N) is 2. The summed E-state index contributed by atoms with van der Waals surface area (Å²) in [6.45, 7) is 5.91. The minimum atomic E-state index is 0.0879. The highest BCUT2D eigenvalue weighted by atomic mass is 16.1. The van der Waals surface area contributed by atoms with Crippen LogP contribution in [-0.2, 0) is 11.2 Å². The Balaban J connectivity index is 1.63. The Morgan fingerprint density at radius 2 is 1.76 bits per heavy atom. The number of rotatable bonds is 10. The summed E-state index contributed by atoms with van der Waals surface area (Å²) in [5.74, 6) is 2.38. The van der Waals surface area contributed by atoms with Crippen molar-refractivity contribution in [2.24, 2.45) is 0 Å². The first kappa shape index (κ1) is 18.7. The lowest BCUT2D eigenvalue weighted by Gasteiger charge is -2.10. The lowest BCUT2D eigenvalue weighted by atomic mass is 10.1. The molecule has 0 spiro atoms. The molecule has 0 fully saturated rings. The highest BCUT2D eigenvalue weighted by molar-refractivity contribution is 5.75. The van der Waals surface area contributed by atoms with Gasteiger partial charge in [-0.3, -0.25) is 4.79 Å². The van der Waals surface area contributed by atoms with Crippen molar-refractivity contribution in [3.8, 4) is 0 Å². The molecule has 0 aliphatic carbocycles. The van der Waals surface area contributed by atoms with Gasteiger partial charge in [0.2, 0.25) is 5.91 Å². The quantitative estimate of drug-likeness (QED) is 0.579. The smallest absolute Gasteiger partial charge is 0.220 e. The van der Waals surface area contributed by atoms with Gasteiger partial charge in [0.25, 0.3) is 0 Å². The Morgan fingerprint density at radius 1 is 1.04 bits per heavy atom. The van der Waals surface area contributed by atoms with E-state index in [1.165, 1.54) is 5.56 Å². The summed E-state index contributed by atoms with van der Waals surface area (Å²) in [5.41, 5.74) is 1.27. The van der Waals surface area contributed by atoms with E-state index in [1.54, 1.807) is 0 Å². The van der Waals surface area contributed by atoms with E-state index in [2.05, 4.69) is 38.1 Å². The van der Waals surface area contributed by atoms with E-state index in [4.69, 9.17) is 0 Å². The highest BCUT2D eigenvalue weighted by Crippen LogP contribution is 2.10. The molecule has 0 atom stereocenters. The summed E-state index contributed by atoms with van der Waals surface area (Å²) in [7, 11) is 0. The average Bonchev–Trinajstić information content (AvgIpc) is 2.59. The summed E-state index contributed by atoms with van der Waals surface area (Å²) in [6.07, 6.45) is 2.34. The molecule has 0 aliphatic rings. The summed E-state index contributed by atoms with van der Waals surface area (Å²) >= 11 is 0. The van der Waals surface area contributed by atoms with Gasteiger partial charge in [-0.25, -0.2) is 9.97 Å². The first-order valence-electron chi connectivity index (χ1n) is 8.81. The molecule has 134 valence electrons. The molecule has 0 unspecified atom stereocenters. The maximum absolute atomic E-state index is 11.9. The van der Waals surface area contributed by atoms with Crippen molar-refractivity contribution >= 4 is 17.5 Å². The molecule has 1 heterocycles. The van der Waals surface area contributed by atoms with Gasteiger partial charge >= 0.3 is 0 Å². The van der Waals surface area contributed by atoms with Crippen molar-refractivity contribution in [2.45, 2.75) is 33.1 Å². The van der Waals surface area contributed by atoms with E-state index in [0.29, 0.717) is 25.3 Å². The average molecular weight is 341 g/mol. The predicted octanol–water partition coefficient (Wildman–Crippen LogP) is 2.77. The van der Waals surface area contributed by atoms with Crippen molar-refractivity contribution in [1.29, 1.82) is 0 Å². The van der Waals surface area contributed by atoms with E-state index in [0.717, 1.165) is 31.0 Å². The number of anilines is 2. The lowest BCUT2D eigenvalue weighted by Crippen LogP contribution is -2.28. The Morgan fingerprint density at radius 3 is 2.48 bits per heavy atom. The van der Waals surface area contributed by atoms with E-state index >= 15 is 0 Å². The van der Waals surface area contributed by atoms with Gasteiger partial charge in [0, 0.05) is 32.1 Å². The van der Waals surface area contributed by atoms with Crippen LogP contribution in [0.5, 0.6) is 0 Å². The Hall–Kier alpha value is -2.63. The number of aryl methyl sites for hydroxylation is 2. The van der Waals surface area contributed by atoms with Gasteiger partial charge in [0.1, 0.15) is 17.5 Å². The molecule has 25 heavy (non-hydrogen) atoms. The van der Waals surface area contributed by atoms with E-state index < -0.39 is 0 Å². The molecular weight excluding hydrogens is 314 g/mol. The fraction of sp³-hybridized carbons (Fsp3) is 0.421. The summed E-state index contributed by atoms with van der Waals surface area (Å²) < 4.78 is 0. The molecule has 6 nitrogen and oxygen atoms in total. The molecule has 0 bridgehead atoms. The zero-order chi connectivity index (χ0) is 17.9. The van der Waals surface area contributed by atoms with Crippen LogP contribution in [0.15, 0.2) is 36.4 Å². The fourth-order valence-electron chi connectivity index (χ4n) is 2.51. The van der Waals surface area contributed by atoms with Gasteiger partial charge in [-0.2, -0.15) is 0 Å². The maximum atomic E-state index is 11.9. The molecule has 1 aromatic heterocycles. The lowest BCUT2D eigenvalue weighted by molar-refractivity contribution is -0.121. The number of hydrogen-bond donors (Lipinski definition) is 3. The fourth-order valence-corrected chi connectivity index (χ4v) is 2.51. The van der Waals surface area contributed by atoms with Crippen LogP contribution in [0.2, 0.25) is 0 Å². The first-order chi connectivity index (χ1) is 12.2. The minimum Gasteiger partial charge on any atom is -0.370 e. The molecule has 0 saturated carbocycles. The van der Waals surface area contributed by atoms with Crippen LogP contribution in [-0.4, -0.2) is 35.5 Å². The van der Waals surface area contributed by atoms with Crippen LogP contribution in [0.25, 0.3) is 0 Å². The topological polar surface area (TPSA) is 78.9 Å². The summed E-state index contributed by atoms with van der Waals surface area (Å²) in [5, 5.41) is 9.32. The van der Waals surface area contributed by atoms with Crippen LogP contribution in [0, 0.1) is 6.92 Å². The van der Waals surface area contributed by atoms with Crippen LogP contribution >= 0.6 is 0 Å². The number of aromatic nitrogens is 2. The van der Waals surface area contributed by atoms with E-state index in [9.17, 15) is 4.79 Å². The molecule has 6 heteroatoms. The number of amides is 1. The second-order valence-electron chi connectivity index (χ2n) is 5.83. The number of nitrogens with one attached hydrogen (secondary N) is 3. The van der Waals surface area contributed by atoms with Gasteiger partial charge in [0.15, 0.2) is 0 Å². The second kappa shape index (κ2) is 10.3. The minimum absolute atomic E-state index is 0.0879. The Bertz CT molecular complexity index is 660. The molecule has 2 rings (SSSR count). The molecule has 0 radical (unpaired) electrons. The SMILES string of the molecule is CCNc1cc(NCCNC(=O)CCCc2ccccc2)nc(C)n1. The van der Waals surface area contributed by atoms with Crippen LogP contribution in [0.1, 0.15) is 31.2 Å². The van der Waals surface area contributed by atoms with Crippen LogP contribution in [0.3, 0.4) is 0 Å². The molecule has 2 aromatic rings. The third-order valence-corrected chi connectivity index (χ3v) is 3.66. The predicted molar refractivity (Wildman–Crippen MR) is 102 cm³/mol. The van der Waals surface area contributed by atoms with Crippen molar-refractivity contribution in [2.75, 3.05) is 30.3 Å². The van der Waals surface area contributed by atoms with Gasteiger partial charge in [-0.05, 0) is 32.3 Å². The normalized spacial score (nSPS) is 10.3. The number of hydrogen-bond acceptors (Lipinski definition) is 5. The number of carbonyl (C=O) groups is 1. The molecule has 0 aliphatic heterocycles. The maximum Gasteiger partial charge on any atom is 0.220 e. The van der Waals surface area contributed by atoms with Gasteiger partial charge in [-0.15, -0.1) is 0 Å². The van der Waals surface area contributed by atoms with Crippen molar-refractivity contribution in [1.82, 2.24) is 15.3 Å². The van der Waals surface area contributed by atoms with Gasteiger partial charge in [-0.1, -0.05) is 30.3 Å². The number of benzene rings is 1. The van der Waals surface area contributed by atoms with Crippen molar-refractivity contribution in [3.05, 3.63) is 47.8 Å². The summed E-state index contributed by atoms with van der Waals surface area (Å²) in [4.78, 5) is 20.5. The molecule has 0 saturated heterocycles. The molecule has 3 N–H and O–H groups in total. The van der Waals surface area contributed by atoms with Gasteiger partial charge in [0.05, 0.1) is 0 Å². The largest absolute Gasteiger partial charge is 0.370 e. The first-order valence-corrected chi connectivity index (χ1v) is 8.81. The number of carbonyl (C=O) groups excluding carboxylic acids is 1. The van der Waals surface area contributed by atoms with E-state index in [1.807, 2.05) is 38.1 Å². The third kappa shape index (κ3) is 7.20. The molecule has 1 amide bonds. The Labute approximate surface area is 149 Å². The van der Waals surface area contributed by atoms with Gasteiger partial charge < -0.3 is 16.0 Å². The van der Waals surface area contributed by atoms with Crippen LogP contribution in [0.4, 0.5) is 11.6 Å². The molecule has 1 aromatic carbocycles. The zero-order valence-electron chi connectivity index (χ0n) is 15.0. The third-order valence-electron chi connectivity index (χ3n) is 3.66. The monoisotopic (exact) mass is 341 g/mol. The standard InChI is InChI=1S/C19H27N5O/c1-3-20-17-14-18(24-15(2)23-17)21-12-13-22-19(25)11-7-10-16-8-5-4-6-9-16/h4-6,8-9,14H,3,7,10-13H2,1-2H3,(H,22,25)(H2,20,21,23,24). The van der Waals surface area contributed by atoms with Crippen LogP contribution < -0.4 is 16.0 Å². The Kier molecular flexibility index (Phi) is 7.69.